The number of esters is 1. The lowest BCUT2D eigenvalue weighted by Crippen LogP contribution is -2.44. The second-order valence-corrected chi connectivity index (χ2v) is 9.01. The summed E-state index contributed by atoms with van der Waals surface area (Å²) < 4.78 is 11.0. The molecule has 1 N–H and O–H groups in total. The molecule has 0 spiro atoms. The molecule has 1 amide bonds. The van der Waals surface area contributed by atoms with Crippen LogP contribution in [-0.4, -0.2) is 36.9 Å². The monoisotopic (exact) mass is 450 g/mol. The molecule has 1 atom stereocenters. The van der Waals surface area contributed by atoms with E-state index in [4.69, 9.17) is 15.0 Å². The minimum absolute atomic E-state index is 0.0630. The van der Waals surface area contributed by atoms with Crippen molar-refractivity contribution in [2.45, 2.75) is 57.6 Å². The zero-order valence-electron chi connectivity index (χ0n) is 19.3. The van der Waals surface area contributed by atoms with Crippen molar-refractivity contribution in [1.82, 2.24) is 5.32 Å². The predicted octanol–water partition coefficient (Wildman–Crippen LogP) is 5.72. The summed E-state index contributed by atoms with van der Waals surface area (Å²) in [5.41, 5.74) is 12.2. The number of amides is 1. The van der Waals surface area contributed by atoms with E-state index < -0.39 is 23.7 Å². The number of benzene rings is 2. The van der Waals surface area contributed by atoms with Crippen molar-refractivity contribution >= 4 is 12.1 Å². The van der Waals surface area contributed by atoms with Crippen molar-refractivity contribution in [3.8, 4) is 11.1 Å². The molecule has 1 aliphatic carbocycles. The van der Waals surface area contributed by atoms with Crippen molar-refractivity contribution in [1.29, 1.82) is 0 Å². The van der Waals surface area contributed by atoms with Gasteiger partial charge in [-0.2, -0.15) is 0 Å². The van der Waals surface area contributed by atoms with Crippen molar-refractivity contribution < 1.29 is 19.1 Å². The van der Waals surface area contributed by atoms with Crippen LogP contribution in [0.15, 0.2) is 53.6 Å². The molecule has 0 aromatic heterocycles. The van der Waals surface area contributed by atoms with Gasteiger partial charge >= 0.3 is 12.1 Å². The standard InChI is InChI=1S/C25H30N4O4/c1-25(2,3)33-23(30)22(14-8-9-15-27-29-26)28-24(31)32-16-21-19-12-6-4-10-17(19)18-11-5-7-13-20(18)21/h4-7,10-13,21-22H,8-9,14-16H2,1-3H3,(H,28,31)/t22-/m0/s1. The fourth-order valence-corrected chi connectivity index (χ4v) is 3.98. The predicted molar refractivity (Wildman–Crippen MR) is 126 cm³/mol. The minimum Gasteiger partial charge on any atom is -0.458 e. The average Bonchev–Trinajstić information content (AvgIpc) is 3.09. The van der Waals surface area contributed by atoms with E-state index in [1.165, 1.54) is 0 Å². The first-order chi connectivity index (χ1) is 15.8. The van der Waals surface area contributed by atoms with Gasteiger partial charge in [0.1, 0.15) is 18.2 Å². The summed E-state index contributed by atoms with van der Waals surface area (Å²) in [6, 6.07) is 15.4. The molecular weight excluding hydrogens is 420 g/mol. The van der Waals surface area contributed by atoms with Crippen LogP contribution in [0, 0.1) is 0 Å². The fourth-order valence-electron chi connectivity index (χ4n) is 3.98. The second kappa shape index (κ2) is 10.9. The van der Waals surface area contributed by atoms with Crippen molar-refractivity contribution in [3.63, 3.8) is 0 Å². The molecule has 0 bridgehead atoms. The van der Waals surface area contributed by atoms with Gasteiger partial charge < -0.3 is 14.8 Å². The largest absolute Gasteiger partial charge is 0.458 e. The Morgan fingerprint density at radius 3 is 2.24 bits per heavy atom. The van der Waals surface area contributed by atoms with E-state index >= 15 is 0 Å². The van der Waals surface area contributed by atoms with Crippen molar-refractivity contribution in [2.24, 2.45) is 5.11 Å². The zero-order valence-corrected chi connectivity index (χ0v) is 19.3. The summed E-state index contributed by atoms with van der Waals surface area (Å²) in [6.45, 7) is 5.82. The van der Waals surface area contributed by atoms with Crippen LogP contribution in [0.3, 0.4) is 0 Å². The van der Waals surface area contributed by atoms with E-state index in [-0.39, 0.29) is 12.5 Å². The Morgan fingerprint density at radius 1 is 1.06 bits per heavy atom. The number of hydrogen-bond donors (Lipinski definition) is 1. The molecule has 33 heavy (non-hydrogen) atoms. The molecule has 8 heteroatoms. The van der Waals surface area contributed by atoms with Crippen LogP contribution in [0.5, 0.6) is 0 Å². The SMILES string of the molecule is CC(C)(C)OC(=O)[C@H](CCCCN=[N+]=[N-])NC(=O)OCC1c2ccccc2-c2ccccc21. The number of nitrogens with zero attached hydrogens (tertiary/aromatic N) is 3. The summed E-state index contributed by atoms with van der Waals surface area (Å²) in [4.78, 5) is 28.0. The topological polar surface area (TPSA) is 113 Å². The minimum atomic E-state index is -0.842. The van der Waals surface area contributed by atoms with Gasteiger partial charge in [-0.25, -0.2) is 9.59 Å². The van der Waals surface area contributed by atoms with Gasteiger partial charge in [0.2, 0.25) is 0 Å². The quantitative estimate of drug-likeness (QED) is 0.173. The van der Waals surface area contributed by atoms with E-state index in [0.717, 1.165) is 22.3 Å². The van der Waals surface area contributed by atoms with E-state index in [1.807, 2.05) is 24.3 Å². The molecule has 0 saturated heterocycles. The highest BCUT2D eigenvalue weighted by atomic mass is 16.6. The van der Waals surface area contributed by atoms with Gasteiger partial charge in [-0.15, -0.1) is 0 Å². The molecule has 0 aliphatic heterocycles. The Labute approximate surface area is 193 Å². The molecular formula is C25H30N4O4. The van der Waals surface area contributed by atoms with Gasteiger partial charge in [0.25, 0.3) is 0 Å². The third kappa shape index (κ3) is 6.49. The number of carbonyl (C=O) groups is 2. The normalized spacial score (nSPS) is 13.3. The maximum absolute atomic E-state index is 12.6. The van der Waals surface area contributed by atoms with E-state index in [2.05, 4.69) is 39.6 Å². The highest BCUT2D eigenvalue weighted by molar-refractivity contribution is 5.82. The summed E-state index contributed by atoms with van der Waals surface area (Å²) in [5, 5.41) is 6.16. The van der Waals surface area contributed by atoms with Crippen LogP contribution in [0.1, 0.15) is 57.1 Å². The third-order valence-corrected chi connectivity index (χ3v) is 5.39. The molecule has 174 valence electrons. The number of rotatable bonds is 9. The van der Waals surface area contributed by atoms with Crippen LogP contribution in [-0.2, 0) is 14.3 Å². The molecule has 2 aromatic rings. The van der Waals surface area contributed by atoms with Crippen LogP contribution >= 0.6 is 0 Å². The molecule has 0 heterocycles. The zero-order chi connectivity index (χ0) is 23.8. The first-order valence-electron chi connectivity index (χ1n) is 11.2. The van der Waals surface area contributed by atoms with Gasteiger partial charge in [0, 0.05) is 17.4 Å². The lowest BCUT2D eigenvalue weighted by atomic mass is 9.98. The molecule has 0 fully saturated rings. The third-order valence-electron chi connectivity index (χ3n) is 5.39. The molecule has 2 aromatic carbocycles. The van der Waals surface area contributed by atoms with E-state index in [9.17, 15) is 9.59 Å². The number of nitrogens with one attached hydrogen (secondary N) is 1. The Morgan fingerprint density at radius 2 is 1.67 bits per heavy atom. The van der Waals surface area contributed by atoms with Crippen molar-refractivity contribution in [2.75, 3.05) is 13.2 Å². The molecule has 0 unspecified atom stereocenters. The number of carbonyl (C=O) groups excluding carboxylic acids is 2. The lowest BCUT2D eigenvalue weighted by molar-refractivity contribution is -0.157. The van der Waals surface area contributed by atoms with Gasteiger partial charge in [-0.05, 0) is 61.4 Å². The maximum Gasteiger partial charge on any atom is 0.407 e. The molecule has 0 radical (unpaired) electrons. The first-order valence-corrected chi connectivity index (χ1v) is 11.2. The lowest BCUT2D eigenvalue weighted by Gasteiger charge is -2.24. The average molecular weight is 451 g/mol. The van der Waals surface area contributed by atoms with Gasteiger partial charge in [-0.1, -0.05) is 60.1 Å². The van der Waals surface area contributed by atoms with E-state index in [0.29, 0.717) is 25.8 Å². The highest BCUT2D eigenvalue weighted by Crippen LogP contribution is 2.44. The number of ether oxygens (including phenoxy) is 2. The highest BCUT2D eigenvalue weighted by Gasteiger charge is 2.30. The Hall–Kier alpha value is -3.51. The summed E-state index contributed by atoms with van der Waals surface area (Å²) >= 11 is 0. The van der Waals surface area contributed by atoms with Crippen LogP contribution in [0.2, 0.25) is 0 Å². The molecule has 0 saturated carbocycles. The summed E-state index contributed by atoms with van der Waals surface area (Å²) in [5.74, 6) is -0.577. The first kappa shape index (κ1) is 24.1. The Kier molecular flexibility index (Phi) is 7.96. The van der Waals surface area contributed by atoms with E-state index in [1.54, 1.807) is 20.8 Å². The number of hydrogen-bond acceptors (Lipinski definition) is 5. The maximum atomic E-state index is 12.6. The Bertz CT molecular complexity index is 995. The van der Waals surface area contributed by atoms with Crippen molar-refractivity contribution in [3.05, 3.63) is 70.1 Å². The molecule has 8 nitrogen and oxygen atoms in total. The summed E-state index contributed by atoms with van der Waals surface area (Å²) in [7, 11) is 0. The van der Waals surface area contributed by atoms with Gasteiger partial charge in [0.05, 0.1) is 0 Å². The number of fused-ring (bicyclic) bond motifs is 3. The Balaban J connectivity index is 1.63. The van der Waals surface area contributed by atoms with Crippen LogP contribution in [0.25, 0.3) is 21.6 Å². The number of alkyl carbamates (subject to hydrolysis) is 1. The van der Waals surface area contributed by atoms with Gasteiger partial charge in [0.15, 0.2) is 0 Å². The van der Waals surface area contributed by atoms with Crippen LogP contribution in [0.4, 0.5) is 4.79 Å². The number of unbranched alkanes of at least 4 members (excludes halogenated alkanes) is 1. The smallest absolute Gasteiger partial charge is 0.407 e. The van der Waals surface area contributed by atoms with Gasteiger partial charge in [-0.3, -0.25) is 0 Å². The fraction of sp³-hybridized carbons (Fsp3) is 0.440. The number of azide groups is 1. The molecule has 1 aliphatic rings. The van der Waals surface area contributed by atoms with Crippen LogP contribution < -0.4 is 5.32 Å². The summed E-state index contributed by atoms with van der Waals surface area (Å²) in [6.07, 6.45) is 0.894. The second-order valence-electron chi connectivity index (χ2n) is 9.01. The molecule has 3 rings (SSSR count).